The molecule has 2 aliphatic rings. The van der Waals surface area contributed by atoms with E-state index in [0.717, 1.165) is 25.2 Å². The lowest BCUT2D eigenvalue weighted by atomic mass is 9.91. The van der Waals surface area contributed by atoms with Crippen LogP contribution in [-0.2, 0) is 12.8 Å². The van der Waals surface area contributed by atoms with E-state index >= 15 is 0 Å². The van der Waals surface area contributed by atoms with Gasteiger partial charge in [-0.2, -0.15) is 0 Å². The molecular formula is C15H20BrNO. The Labute approximate surface area is 117 Å². The lowest BCUT2D eigenvalue weighted by Gasteiger charge is -2.24. The van der Waals surface area contributed by atoms with Gasteiger partial charge in [0.25, 0.3) is 0 Å². The van der Waals surface area contributed by atoms with Gasteiger partial charge in [0.05, 0.1) is 6.61 Å². The van der Waals surface area contributed by atoms with E-state index in [0.29, 0.717) is 11.5 Å². The fourth-order valence-electron chi connectivity index (χ4n) is 2.96. The molecule has 0 saturated heterocycles. The molecule has 1 aromatic carbocycles. The van der Waals surface area contributed by atoms with Crippen LogP contribution in [0.3, 0.4) is 0 Å². The van der Waals surface area contributed by atoms with Crippen LogP contribution in [0.5, 0.6) is 5.75 Å². The van der Waals surface area contributed by atoms with Gasteiger partial charge in [-0.25, -0.2) is 0 Å². The molecule has 1 fully saturated rings. The molecule has 0 bridgehead atoms. The van der Waals surface area contributed by atoms with E-state index in [1.165, 1.54) is 28.4 Å². The molecule has 98 valence electrons. The highest BCUT2D eigenvalue weighted by Gasteiger charge is 2.44. The average molecular weight is 310 g/mol. The lowest BCUT2D eigenvalue weighted by molar-refractivity contribution is 0.341. The fraction of sp³-hybridized carbons (Fsp3) is 0.600. The number of rotatable bonds is 4. The lowest BCUT2D eigenvalue weighted by Crippen LogP contribution is -2.35. The highest BCUT2D eigenvalue weighted by Crippen LogP contribution is 2.49. The Kier molecular flexibility index (Phi) is 3.15. The topological polar surface area (TPSA) is 21.3 Å². The van der Waals surface area contributed by atoms with Crippen LogP contribution in [0.25, 0.3) is 0 Å². The molecule has 1 aliphatic heterocycles. The van der Waals surface area contributed by atoms with Gasteiger partial charge in [-0.1, -0.05) is 22.9 Å². The Bertz CT molecular complexity index is 468. The van der Waals surface area contributed by atoms with Crippen LogP contribution in [-0.4, -0.2) is 19.7 Å². The molecule has 3 rings (SSSR count). The van der Waals surface area contributed by atoms with Crippen molar-refractivity contribution in [3.8, 4) is 5.75 Å². The molecule has 0 spiro atoms. The molecule has 2 nitrogen and oxygen atoms in total. The molecule has 1 heterocycles. The minimum atomic E-state index is 0.489. The molecular weight excluding hydrogens is 290 g/mol. The van der Waals surface area contributed by atoms with Crippen molar-refractivity contribution < 1.29 is 4.74 Å². The summed E-state index contributed by atoms with van der Waals surface area (Å²) in [7, 11) is 2.08. The summed E-state index contributed by atoms with van der Waals surface area (Å²) in [4.78, 5) is 0. The van der Waals surface area contributed by atoms with Gasteiger partial charge in [-0.15, -0.1) is 0 Å². The Balaban J connectivity index is 1.88. The summed E-state index contributed by atoms with van der Waals surface area (Å²) in [5, 5.41) is 3.49. The van der Waals surface area contributed by atoms with Crippen LogP contribution in [0.15, 0.2) is 16.6 Å². The first kappa shape index (κ1) is 12.5. The predicted octanol–water partition coefficient (Wildman–Crippen LogP) is 3.31. The van der Waals surface area contributed by atoms with Gasteiger partial charge >= 0.3 is 0 Å². The predicted molar refractivity (Wildman–Crippen MR) is 77.2 cm³/mol. The zero-order chi connectivity index (χ0) is 12.8. The Morgan fingerprint density at radius 3 is 2.89 bits per heavy atom. The minimum Gasteiger partial charge on any atom is -0.493 e. The number of ether oxygens (including phenoxy) is 1. The average Bonchev–Trinajstić information content (AvgIpc) is 2.90. The van der Waals surface area contributed by atoms with Crippen LogP contribution in [0.1, 0.15) is 30.9 Å². The summed E-state index contributed by atoms with van der Waals surface area (Å²) >= 11 is 3.62. The summed E-state index contributed by atoms with van der Waals surface area (Å²) in [6, 6.07) is 4.97. The molecule has 1 unspecified atom stereocenters. The molecule has 3 heteroatoms. The molecule has 0 aromatic heterocycles. The maximum atomic E-state index is 5.81. The summed E-state index contributed by atoms with van der Waals surface area (Å²) < 4.78 is 6.99. The first-order chi connectivity index (χ1) is 8.62. The number of halogens is 1. The van der Waals surface area contributed by atoms with Gasteiger partial charge in [0.15, 0.2) is 0 Å². The van der Waals surface area contributed by atoms with E-state index in [2.05, 4.69) is 47.4 Å². The van der Waals surface area contributed by atoms with E-state index in [9.17, 15) is 0 Å². The summed E-state index contributed by atoms with van der Waals surface area (Å²) in [6.07, 6.45) is 4.79. The maximum Gasteiger partial charge on any atom is 0.125 e. The monoisotopic (exact) mass is 309 g/mol. The van der Waals surface area contributed by atoms with Gasteiger partial charge in [0.2, 0.25) is 0 Å². The maximum absolute atomic E-state index is 5.81. The fourth-order valence-corrected chi connectivity index (χ4v) is 3.51. The number of benzene rings is 1. The van der Waals surface area contributed by atoms with Crippen molar-refractivity contribution in [1.29, 1.82) is 0 Å². The normalized spacial score (nSPS) is 21.3. The third-order valence-electron chi connectivity index (χ3n) is 4.48. The molecule has 0 amide bonds. The molecule has 1 saturated carbocycles. The van der Waals surface area contributed by atoms with Gasteiger partial charge in [0, 0.05) is 16.9 Å². The second-order valence-electron chi connectivity index (χ2n) is 5.85. The Morgan fingerprint density at radius 1 is 1.44 bits per heavy atom. The van der Waals surface area contributed by atoms with Crippen LogP contribution >= 0.6 is 15.9 Å². The van der Waals surface area contributed by atoms with E-state index < -0.39 is 0 Å². The van der Waals surface area contributed by atoms with Crippen molar-refractivity contribution in [2.45, 2.75) is 38.6 Å². The molecule has 1 N–H and O–H groups in total. The molecule has 1 aliphatic carbocycles. The second kappa shape index (κ2) is 4.53. The summed E-state index contributed by atoms with van der Waals surface area (Å²) in [6.45, 7) is 3.22. The van der Waals surface area contributed by atoms with Gasteiger partial charge in [0.1, 0.15) is 5.75 Å². The third kappa shape index (κ3) is 2.19. The number of hydrogen-bond donors (Lipinski definition) is 1. The standard InChI is InChI=1S/C15H20BrNO/c1-15(4-5-15)13(17-2)9-11-8-12(16)7-10-3-6-18-14(10)11/h7-8,13,17H,3-6,9H2,1-2H3. The minimum absolute atomic E-state index is 0.489. The zero-order valence-electron chi connectivity index (χ0n) is 11.1. The molecule has 1 aromatic rings. The smallest absolute Gasteiger partial charge is 0.125 e. The first-order valence-corrected chi connectivity index (χ1v) is 7.53. The Morgan fingerprint density at radius 2 is 2.22 bits per heavy atom. The quantitative estimate of drug-likeness (QED) is 0.921. The van der Waals surface area contributed by atoms with Crippen LogP contribution in [0.2, 0.25) is 0 Å². The van der Waals surface area contributed by atoms with Crippen molar-refractivity contribution in [2.75, 3.05) is 13.7 Å². The largest absolute Gasteiger partial charge is 0.493 e. The molecule has 1 atom stereocenters. The molecule has 0 radical (unpaired) electrons. The van der Waals surface area contributed by atoms with Crippen molar-refractivity contribution >= 4 is 15.9 Å². The Hall–Kier alpha value is -0.540. The summed E-state index contributed by atoms with van der Waals surface area (Å²) in [5.74, 6) is 1.14. The van der Waals surface area contributed by atoms with E-state index in [4.69, 9.17) is 4.74 Å². The van der Waals surface area contributed by atoms with Crippen molar-refractivity contribution in [3.63, 3.8) is 0 Å². The van der Waals surface area contributed by atoms with Gasteiger partial charge in [-0.05, 0) is 55.0 Å². The third-order valence-corrected chi connectivity index (χ3v) is 4.94. The zero-order valence-corrected chi connectivity index (χ0v) is 12.6. The number of nitrogens with one attached hydrogen (secondary N) is 1. The highest BCUT2D eigenvalue weighted by molar-refractivity contribution is 9.10. The van der Waals surface area contributed by atoms with Gasteiger partial charge < -0.3 is 10.1 Å². The first-order valence-electron chi connectivity index (χ1n) is 6.74. The van der Waals surface area contributed by atoms with E-state index in [1.807, 2.05) is 0 Å². The van der Waals surface area contributed by atoms with Gasteiger partial charge in [-0.3, -0.25) is 0 Å². The number of likely N-dealkylation sites (N-methyl/N-ethyl adjacent to an activating group) is 1. The summed E-state index contributed by atoms with van der Waals surface area (Å²) in [5.41, 5.74) is 3.20. The highest BCUT2D eigenvalue weighted by atomic mass is 79.9. The van der Waals surface area contributed by atoms with Crippen molar-refractivity contribution in [3.05, 3.63) is 27.7 Å². The number of hydrogen-bond acceptors (Lipinski definition) is 2. The van der Waals surface area contributed by atoms with Crippen LogP contribution in [0.4, 0.5) is 0 Å². The van der Waals surface area contributed by atoms with E-state index in [-0.39, 0.29) is 0 Å². The van der Waals surface area contributed by atoms with Crippen molar-refractivity contribution in [1.82, 2.24) is 5.32 Å². The van der Waals surface area contributed by atoms with Crippen molar-refractivity contribution in [2.24, 2.45) is 5.41 Å². The second-order valence-corrected chi connectivity index (χ2v) is 6.77. The molecule has 18 heavy (non-hydrogen) atoms. The van der Waals surface area contributed by atoms with Crippen LogP contribution < -0.4 is 10.1 Å². The number of fused-ring (bicyclic) bond motifs is 1. The van der Waals surface area contributed by atoms with E-state index in [1.54, 1.807) is 0 Å². The SMILES string of the molecule is CNC(Cc1cc(Br)cc2c1OCC2)C1(C)CC1. The van der Waals surface area contributed by atoms with Crippen LogP contribution in [0, 0.1) is 5.41 Å².